The monoisotopic (exact) mass is 346 g/mol. The van der Waals surface area contributed by atoms with Crippen LogP contribution in [0, 0.1) is 17.4 Å². The van der Waals surface area contributed by atoms with Gasteiger partial charge < -0.3 is 10.6 Å². The highest BCUT2D eigenvalue weighted by atomic mass is 32.1. The second-order valence-electron chi connectivity index (χ2n) is 7.03. The fourth-order valence-corrected chi connectivity index (χ4v) is 4.88. The fourth-order valence-electron chi connectivity index (χ4n) is 3.90. The summed E-state index contributed by atoms with van der Waals surface area (Å²) in [5, 5.41) is 15.6. The zero-order chi connectivity index (χ0) is 16.8. The molecule has 130 valence electrons. The highest BCUT2D eigenvalue weighted by Crippen LogP contribution is 2.36. The molecule has 2 fully saturated rings. The molecule has 5 nitrogen and oxygen atoms in total. The molecule has 0 bridgehead atoms. The first-order chi connectivity index (χ1) is 11.8. The molecule has 2 saturated carbocycles. The molecular weight excluding hydrogens is 320 g/mol. The second kappa shape index (κ2) is 8.48. The van der Waals surface area contributed by atoms with E-state index in [-0.39, 0.29) is 17.7 Å². The standard InChI is InChI=1S/C18H26N4OS/c19-12-22-15-8-6-13(7-9-15)16(23)10-20-18-21-11-17(24-18)14-4-2-1-3-5-14/h11,13-15,22H,1-10H2,(H,20,21). The molecule has 1 aromatic heterocycles. The number of aromatic nitrogens is 1. The summed E-state index contributed by atoms with van der Waals surface area (Å²) in [4.78, 5) is 18.2. The maximum Gasteiger partial charge on any atom is 0.183 e. The van der Waals surface area contributed by atoms with Crippen LogP contribution in [0.5, 0.6) is 0 Å². The van der Waals surface area contributed by atoms with Gasteiger partial charge in [0, 0.05) is 23.0 Å². The number of carbonyl (C=O) groups is 1. The Morgan fingerprint density at radius 3 is 2.67 bits per heavy atom. The van der Waals surface area contributed by atoms with Crippen molar-refractivity contribution in [3.63, 3.8) is 0 Å². The highest BCUT2D eigenvalue weighted by Gasteiger charge is 2.26. The van der Waals surface area contributed by atoms with Gasteiger partial charge in [-0.2, -0.15) is 5.26 Å². The Kier molecular flexibility index (Phi) is 6.08. The van der Waals surface area contributed by atoms with Gasteiger partial charge >= 0.3 is 0 Å². The van der Waals surface area contributed by atoms with Crippen LogP contribution < -0.4 is 10.6 Å². The van der Waals surface area contributed by atoms with Crippen LogP contribution in [0.25, 0.3) is 0 Å². The number of nitrogens with zero attached hydrogens (tertiary/aromatic N) is 2. The number of nitriles is 1. The second-order valence-corrected chi connectivity index (χ2v) is 8.09. The van der Waals surface area contributed by atoms with Gasteiger partial charge in [-0.05, 0) is 44.4 Å². The molecule has 0 aromatic carbocycles. The third kappa shape index (κ3) is 4.47. The molecule has 2 N–H and O–H groups in total. The van der Waals surface area contributed by atoms with Gasteiger partial charge in [-0.25, -0.2) is 4.98 Å². The maximum atomic E-state index is 12.4. The SMILES string of the molecule is N#CNC1CCC(C(=O)CNc2ncc(C3CCCCC3)s2)CC1. The van der Waals surface area contributed by atoms with Crippen molar-refractivity contribution in [2.45, 2.75) is 69.7 Å². The van der Waals surface area contributed by atoms with E-state index < -0.39 is 0 Å². The van der Waals surface area contributed by atoms with Gasteiger partial charge in [-0.3, -0.25) is 4.79 Å². The van der Waals surface area contributed by atoms with E-state index in [1.807, 2.05) is 12.4 Å². The molecule has 0 saturated heterocycles. The molecule has 2 aliphatic carbocycles. The third-order valence-electron chi connectivity index (χ3n) is 5.40. The van der Waals surface area contributed by atoms with E-state index in [1.165, 1.54) is 37.0 Å². The predicted octanol–water partition coefficient (Wildman–Crippen LogP) is 3.80. The molecule has 0 atom stereocenters. The van der Waals surface area contributed by atoms with E-state index in [9.17, 15) is 4.79 Å². The first-order valence-corrected chi connectivity index (χ1v) is 9.95. The van der Waals surface area contributed by atoms with E-state index in [2.05, 4.69) is 15.6 Å². The predicted molar refractivity (Wildman–Crippen MR) is 95.9 cm³/mol. The molecule has 0 radical (unpaired) electrons. The number of nitrogens with one attached hydrogen (secondary N) is 2. The van der Waals surface area contributed by atoms with Gasteiger partial charge in [0.25, 0.3) is 0 Å². The Labute approximate surface area is 147 Å². The van der Waals surface area contributed by atoms with Crippen LogP contribution in [0.1, 0.15) is 68.6 Å². The van der Waals surface area contributed by atoms with Crippen molar-refractivity contribution in [3.8, 4) is 6.19 Å². The average molecular weight is 347 g/mol. The van der Waals surface area contributed by atoms with Crippen LogP contribution in [0.2, 0.25) is 0 Å². The number of ketones is 1. The summed E-state index contributed by atoms with van der Waals surface area (Å²) in [6, 6.07) is 0.254. The van der Waals surface area contributed by atoms with Gasteiger partial charge in [0.05, 0.1) is 6.54 Å². The lowest BCUT2D eigenvalue weighted by molar-refractivity contribution is -0.122. The van der Waals surface area contributed by atoms with Gasteiger partial charge in [0.15, 0.2) is 17.1 Å². The van der Waals surface area contributed by atoms with Crippen molar-refractivity contribution < 1.29 is 4.79 Å². The quantitative estimate of drug-likeness (QED) is 0.605. The minimum atomic E-state index is 0.131. The number of hydrogen-bond donors (Lipinski definition) is 2. The molecule has 0 amide bonds. The van der Waals surface area contributed by atoms with Crippen LogP contribution in [0.3, 0.4) is 0 Å². The summed E-state index contributed by atoms with van der Waals surface area (Å²) in [6.45, 7) is 0.374. The van der Waals surface area contributed by atoms with Crippen molar-refractivity contribution in [2.24, 2.45) is 5.92 Å². The van der Waals surface area contributed by atoms with Gasteiger partial charge in [0.1, 0.15) is 0 Å². The molecule has 24 heavy (non-hydrogen) atoms. The van der Waals surface area contributed by atoms with Crippen molar-refractivity contribution in [1.29, 1.82) is 5.26 Å². The van der Waals surface area contributed by atoms with E-state index in [1.54, 1.807) is 11.3 Å². The fraction of sp³-hybridized carbons (Fsp3) is 0.722. The minimum absolute atomic E-state index is 0.131. The van der Waals surface area contributed by atoms with E-state index in [0.29, 0.717) is 12.5 Å². The lowest BCUT2D eigenvalue weighted by Crippen LogP contribution is -2.34. The van der Waals surface area contributed by atoms with E-state index >= 15 is 0 Å². The summed E-state index contributed by atoms with van der Waals surface area (Å²) < 4.78 is 0. The lowest BCUT2D eigenvalue weighted by atomic mass is 9.83. The average Bonchev–Trinajstić information content (AvgIpc) is 3.10. The summed E-state index contributed by atoms with van der Waals surface area (Å²) in [7, 11) is 0. The molecular formula is C18H26N4OS. The van der Waals surface area contributed by atoms with Crippen molar-refractivity contribution >= 4 is 22.3 Å². The highest BCUT2D eigenvalue weighted by molar-refractivity contribution is 7.15. The van der Waals surface area contributed by atoms with Crippen LogP contribution >= 0.6 is 11.3 Å². The van der Waals surface area contributed by atoms with Crippen molar-refractivity contribution in [2.75, 3.05) is 11.9 Å². The Morgan fingerprint density at radius 2 is 1.96 bits per heavy atom. The lowest BCUT2D eigenvalue weighted by Gasteiger charge is -2.26. The van der Waals surface area contributed by atoms with Gasteiger partial charge in [0.2, 0.25) is 0 Å². The van der Waals surface area contributed by atoms with Crippen LogP contribution in [0.15, 0.2) is 6.20 Å². The number of thiazole rings is 1. The van der Waals surface area contributed by atoms with Crippen molar-refractivity contribution in [1.82, 2.24) is 10.3 Å². The number of Topliss-reactive ketones (excluding diaryl/α,β-unsaturated/α-hetero) is 1. The zero-order valence-electron chi connectivity index (χ0n) is 14.1. The molecule has 0 unspecified atom stereocenters. The maximum absolute atomic E-state index is 12.4. The summed E-state index contributed by atoms with van der Waals surface area (Å²) in [5.74, 6) is 1.08. The number of carbonyl (C=O) groups excluding carboxylic acids is 1. The Hall–Kier alpha value is -1.61. The minimum Gasteiger partial charge on any atom is -0.354 e. The van der Waals surface area contributed by atoms with E-state index in [0.717, 1.165) is 30.8 Å². The molecule has 6 heteroatoms. The Bertz CT molecular complexity index is 580. The molecule has 1 aromatic rings. The van der Waals surface area contributed by atoms with Crippen LogP contribution in [-0.4, -0.2) is 23.4 Å². The molecule has 0 aliphatic heterocycles. The smallest absolute Gasteiger partial charge is 0.183 e. The first-order valence-electron chi connectivity index (χ1n) is 9.13. The Morgan fingerprint density at radius 1 is 1.21 bits per heavy atom. The third-order valence-corrected chi connectivity index (χ3v) is 6.51. The van der Waals surface area contributed by atoms with Gasteiger partial charge in [-0.1, -0.05) is 19.3 Å². The number of hydrogen-bond acceptors (Lipinski definition) is 6. The molecule has 2 aliphatic rings. The largest absolute Gasteiger partial charge is 0.354 e. The number of anilines is 1. The number of rotatable bonds is 6. The first kappa shape index (κ1) is 17.2. The normalized spacial score (nSPS) is 25.0. The molecule has 0 spiro atoms. The molecule has 1 heterocycles. The van der Waals surface area contributed by atoms with Crippen molar-refractivity contribution in [3.05, 3.63) is 11.1 Å². The Balaban J connectivity index is 1.43. The summed E-state index contributed by atoms with van der Waals surface area (Å²) >= 11 is 1.71. The van der Waals surface area contributed by atoms with Crippen LogP contribution in [-0.2, 0) is 4.79 Å². The van der Waals surface area contributed by atoms with Gasteiger partial charge in [-0.15, -0.1) is 11.3 Å². The summed E-state index contributed by atoms with van der Waals surface area (Å²) in [6.07, 6.45) is 14.1. The zero-order valence-corrected chi connectivity index (χ0v) is 14.9. The van der Waals surface area contributed by atoms with E-state index in [4.69, 9.17) is 5.26 Å². The topological polar surface area (TPSA) is 77.8 Å². The van der Waals surface area contributed by atoms with Crippen LogP contribution in [0.4, 0.5) is 5.13 Å². The summed E-state index contributed by atoms with van der Waals surface area (Å²) in [5.41, 5.74) is 0. The molecule has 3 rings (SSSR count).